The second kappa shape index (κ2) is 42.8. The summed E-state index contributed by atoms with van der Waals surface area (Å²) in [6.45, 7) is 3.31. The van der Waals surface area contributed by atoms with E-state index < -0.39 is 131 Å². The first-order chi connectivity index (χ1) is 67.0. The first kappa shape index (κ1) is 106. The smallest absolute Gasteiger partial charge is 0.870 e. The fourth-order valence-electron chi connectivity index (χ4n) is 21.4. The number of Topliss-reactive ketones (excluding diaryl/α,β-unsaturated/α-hetero) is 1. The average molecular weight is 2020 g/mol. The number of halogens is 6. The second-order valence-corrected chi connectivity index (χ2v) is 35.0. The number of pyridine rings is 5. The Hall–Kier alpha value is -12.8. The number of nitrogens with zero attached hydrogens (tertiary/aromatic N) is 9. The van der Waals surface area contributed by atoms with E-state index in [1.807, 2.05) is 0 Å². The molecule has 8 aliphatic heterocycles. The first-order valence-electron chi connectivity index (χ1n) is 44.7. The largest absolute Gasteiger partial charge is 1.00 e. The van der Waals surface area contributed by atoms with Crippen molar-refractivity contribution in [2.45, 2.75) is 163 Å². The van der Waals surface area contributed by atoms with E-state index in [4.69, 9.17) is 81.4 Å². The molecule has 6 amide bonds. The molecule has 43 nitrogen and oxygen atoms in total. The van der Waals surface area contributed by atoms with Crippen LogP contribution in [0.3, 0.4) is 0 Å². The quantitative estimate of drug-likeness (QED) is 0.0288. The van der Waals surface area contributed by atoms with Crippen molar-refractivity contribution in [2.24, 2.45) is 5.73 Å². The van der Waals surface area contributed by atoms with E-state index in [1.54, 1.807) is 37.9 Å². The van der Waals surface area contributed by atoms with Gasteiger partial charge in [0.1, 0.15) is 61.1 Å². The van der Waals surface area contributed by atoms with Gasteiger partial charge in [-0.2, -0.15) is 0 Å². The van der Waals surface area contributed by atoms with Crippen LogP contribution in [0.2, 0.25) is 10.0 Å². The molecule has 0 bridgehead atoms. The molecule has 9 atom stereocenters. The zero-order valence-corrected chi connectivity index (χ0v) is 79.8. The van der Waals surface area contributed by atoms with Gasteiger partial charge < -0.3 is 131 Å². The van der Waals surface area contributed by atoms with Crippen molar-refractivity contribution in [3.63, 3.8) is 0 Å². The molecule has 20 rings (SSSR count). The molecule has 5 aromatic heterocycles. The molecule has 142 heavy (non-hydrogen) atoms. The number of aromatic nitrogens is 5. The predicted molar refractivity (Wildman–Crippen MR) is 479 cm³/mol. The van der Waals surface area contributed by atoms with Gasteiger partial charge in [-0.3, -0.25) is 57.5 Å². The van der Waals surface area contributed by atoms with E-state index in [2.05, 4.69) is 20.1 Å². The van der Waals surface area contributed by atoms with Gasteiger partial charge in [0.2, 0.25) is 27.1 Å². The SMILES string of the molecule is COC(=O)c1cn([C@H]2CCCC2=O)c(C(=O)OC)c(OC)c1=O.COC(=O)c1cn2c(c(OC)c1=O)C(=O)N1CCOC13CCCC23.COc1c2n(cc(C(=O)NCc3ccc(F)c(Cl)c3F)c1=O)[C@@H]1CCC[C@@]13OCCN3C2=O.COc1c2n(cc(C(=O)NCc3ccc(F)c(Cl)c3F)c1=O)[C@H]1CCC[C@]13OCCN3C2=O.COc1c2n(cc(C(=O)O)c1=O)C1CCCC13OCCN3C2=O.NCCO.[Li+].[OH-]. The fraction of sp³-hybridized carbons (Fsp3) is 0.478. The number of fused-ring (bicyclic) bond motifs is 8. The monoisotopic (exact) mass is 2020 g/mol. The summed E-state index contributed by atoms with van der Waals surface area (Å²) in [6, 6.07) is 2.74. The van der Waals surface area contributed by atoms with Gasteiger partial charge in [-0.05, 0) is 102 Å². The maximum absolute atomic E-state index is 14.2. The number of benzene rings is 2. The third-order valence-corrected chi connectivity index (χ3v) is 28.2. The Labute approximate surface area is 825 Å². The first-order valence-corrected chi connectivity index (χ1v) is 45.4. The number of nitrogens with two attached hydrogens (primary N) is 1. The molecule has 4 spiro atoms. The Balaban J connectivity index is 0.000000148. The number of ether oxygens (including phenoxy) is 12. The van der Waals surface area contributed by atoms with Crippen LogP contribution in [0.25, 0.3) is 0 Å². The Morgan fingerprint density at radius 1 is 0.430 bits per heavy atom. The molecule has 5 saturated carbocycles. The number of rotatable bonds is 17. The van der Waals surface area contributed by atoms with Crippen LogP contribution in [0.5, 0.6) is 28.7 Å². The molecule has 7 aromatic rings. The van der Waals surface area contributed by atoms with Gasteiger partial charge in [-0.25, -0.2) is 36.7 Å². The molecule has 0 radical (unpaired) electrons. The van der Waals surface area contributed by atoms with Gasteiger partial charge in [0.05, 0.1) is 120 Å². The molecule has 7 N–H and O–H groups in total. The second-order valence-electron chi connectivity index (χ2n) is 34.2. The van der Waals surface area contributed by atoms with Crippen LogP contribution in [0, 0.1) is 23.3 Å². The number of amides is 6. The van der Waals surface area contributed by atoms with Gasteiger partial charge in [-0.1, -0.05) is 35.3 Å². The van der Waals surface area contributed by atoms with Crippen LogP contribution in [-0.4, -0.2) is 269 Å². The molecule has 50 heteroatoms. The van der Waals surface area contributed by atoms with E-state index in [0.29, 0.717) is 111 Å². The number of aliphatic hydroxyl groups is 1. The summed E-state index contributed by atoms with van der Waals surface area (Å²) in [6.07, 6.45) is 17.2. The Kier molecular flexibility index (Phi) is 32.1. The van der Waals surface area contributed by atoms with Crippen LogP contribution in [-0.2, 0) is 51.0 Å². The van der Waals surface area contributed by atoms with Crippen LogP contribution in [0.4, 0.5) is 17.6 Å². The van der Waals surface area contributed by atoms with Crippen molar-refractivity contribution in [1.29, 1.82) is 0 Å². The standard InChI is InChI=1S/2C22H20ClF2N3O5.C16H18N2O6.C15H16N2O6.C15H17NO7.C2H7NO.Li.H2O/c2*1-32-19-17-21(31)28-7-8-33-22(28)6-2-3-14(22)27(17)10-12(18(19)29)20(30)26-9-11-4-5-13(24)15(23)16(11)25;1-22-13-11-14(20)18-6-7-24-16(18)5-3-4-10(16)17(11)8-9(12(13)19)15(21)23-2;1-22-12-10-13(19)17-5-6-23-15(17)4-2-3-9(15)16(10)7-8(11(12)18)14(20)21;1-21-13-11(15(20)23-3)16(9-5-4-6-10(9)17)7-8(12(13)18)14(19)22-2;3-1-2-4;;/h2*4-5,10,14H,2-3,6-9H2,1H3,(H,26,30);8,10H,3-7H2,1-2H3;7,9H,2-6H2,1H3,(H,20,21);7,9H,4-6H2,1-3H3;4H,1-3H2;;1H2/q;;;;;;+1;/p-1/t2*14-,22-;;;9-;;;/m10..0.../s1. The van der Waals surface area contributed by atoms with E-state index in [-0.39, 0.29) is 188 Å². The van der Waals surface area contributed by atoms with Crippen LogP contribution in [0.15, 0.2) is 79.2 Å². The number of aliphatic hydroxyl groups excluding tert-OH is 1. The summed E-state index contributed by atoms with van der Waals surface area (Å²) < 4.78 is 127. The minimum Gasteiger partial charge on any atom is -0.870 e. The molecule has 756 valence electrons. The molecule has 9 fully saturated rings. The molecular weight excluding hydrogens is 1920 g/mol. The summed E-state index contributed by atoms with van der Waals surface area (Å²) in [5.74, 6) is -11.8. The number of hydrogen-bond donors (Lipinski definition) is 5. The van der Waals surface area contributed by atoms with Crippen LogP contribution >= 0.6 is 23.2 Å². The number of methoxy groups -OCH3 is 8. The van der Waals surface area contributed by atoms with Crippen molar-refractivity contribution in [3.05, 3.63) is 207 Å². The van der Waals surface area contributed by atoms with Gasteiger partial charge >= 0.3 is 42.7 Å². The molecule has 13 heterocycles. The van der Waals surface area contributed by atoms with Gasteiger partial charge in [0, 0.05) is 94.3 Å². The maximum Gasteiger partial charge on any atom is 1.00 e. The number of aromatic carboxylic acids is 1. The van der Waals surface area contributed by atoms with Gasteiger partial charge in [0.25, 0.3) is 35.4 Å². The normalized spacial score (nSPS) is 23.0. The Morgan fingerprint density at radius 3 is 1.01 bits per heavy atom. The van der Waals surface area contributed by atoms with E-state index in [0.717, 1.165) is 89.6 Å². The number of esters is 3. The minimum atomic E-state index is -1.34. The van der Waals surface area contributed by atoms with Crippen molar-refractivity contribution < 1.29 is 162 Å². The van der Waals surface area contributed by atoms with Gasteiger partial charge in [0.15, 0.2) is 85.9 Å². The van der Waals surface area contributed by atoms with E-state index in [1.165, 1.54) is 72.0 Å². The third kappa shape index (κ3) is 17.7. The molecular formula is C92H99Cl2F4LiN12O31. The molecule has 4 unspecified atom stereocenters. The molecule has 13 aliphatic rings. The number of nitrogens with one attached hydrogen (secondary N) is 2. The molecule has 4 saturated heterocycles. The summed E-state index contributed by atoms with van der Waals surface area (Å²) in [4.78, 5) is 208. The Bertz CT molecular complexity index is 6430. The third-order valence-electron chi connectivity index (χ3n) is 27.5. The number of carbonyl (C=O) groups excluding carboxylic acids is 10. The molecule has 5 aliphatic carbocycles. The van der Waals surface area contributed by atoms with Crippen molar-refractivity contribution >= 4 is 88.3 Å². The topological polar surface area (TPSA) is 542 Å². The van der Waals surface area contributed by atoms with E-state index in [9.17, 15) is 99.4 Å². The van der Waals surface area contributed by atoms with Gasteiger partial charge in [-0.15, -0.1) is 0 Å². The molecule has 2 aromatic carbocycles. The Morgan fingerprint density at radius 2 is 0.718 bits per heavy atom. The van der Waals surface area contributed by atoms with Crippen molar-refractivity contribution in [3.8, 4) is 28.7 Å². The minimum absolute atomic E-state index is 0. The summed E-state index contributed by atoms with van der Waals surface area (Å²) >= 11 is 11.2. The number of ketones is 1. The van der Waals surface area contributed by atoms with Crippen molar-refractivity contribution in [2.75, 3.05) is 123 Å². The van der Waals surface area contributed by atoms with Crippen LogP contribution in [0.1, 0.15) is 242 Å². The zero-order chi connectivity index (χ0) is 101. The number of carboxylic acid groups (broad SMARTS) is 1. The number of carboxylic acids is 1. The summed E-state index contributed by atoms with van der Waals surface area (Å²) in [5.41, 5.74) is -3.08. The fourth-order valence-corrected chi connectivity index (χ4v) is 21.8. The predicted octanol–water partition coefficient (Wildman–Crippen LogP) is 2.75. The van der Waals surface area contributed by atoms with E-state index >= 15 is 0 Å². The summed E-state index contributed by atoms with van der Waals surface area (Å²) in [7, 11) is 9.82. The zero-order valence-electron chi connectivity index (χ0n) is 78.3. The summed E-state index contributed by atoms with van der Waals surface area (Å²) in [5, 5.41) is 20.6. The number of hydrogen-bond acceptors (Lipinski definition) is 31. The van der Waals surface area contributed by atoms with Crippen LogP contribution < -0.4 is 86.1 Å². The number of carbonyl (C=O) groups is 11. The van der Waals surface area contributed by atoms with Crippen molar-refractivity contribution in [1.82, 2.24) is 53.1 Å². The average Bonchev–Trinajstić information content (AvgIpc) is 1.47. The maximum atomic E-state index is 14.2.